The molecular formula is C20H23BrN2O6S3. The Morgan fingerprint density at radius 1 is 1.25 bits per heavy atom. The van der Waals surface area contributed by atoms with Gasteiger partial charge in [-0.3, -0.25) is 4.79 Å². The topological polar surface area (TPSA) is 124 Å². The molecule has 1 aliphatic heterocycles. The first-order valence-corrected chi connectivity index (χ1v) is 13.7. The Morgan fingerprint density at radius 3 is 2.47 bits per heavy atom. The van der Waals surface area contributed by atoms with Crippen molar-refractivity contribution in [2.75, 3.05) is 5.88 Å². The first-order chi connectivity index (χ1) is 14.9. The molecule has 2 aromatic rings. The van der Waals surface area contributed by atoms with Crippen LogP contribution in [0.5, 0.6) is 0 Å². The predicted octanol–water partition coefficient (Wildman–Crippen LogP) is 2.53. The maximum absolute atomic E-state index is 13.2. The third-order valence-electron chi connectivity index (χ3n) is 5.12. The molecule has 0 spiro atoms. The number of thiophene rings is 1. The number of halogens is 1. The lowest BCUT2D eigenvalue weighted by molar-refractivity contribution is -0.154. The summed E-state index contributed by atoms with van der Waals surface area (Å²) in [6, 6.07) is 9.53. The molecule has 1 aromatic carbocycles. The molecule has 3 N–H and O–H groups in total. The van der Waals surface area contributed by atoms with Crippen LogP contribution in [-0.4, -0.2) is 64.2 Å². The van der Waals surface area contributed by atoms with Gasteiger partial charge in [0.1, 0.15) is 16.4 Å². The fraction of sp³-hybridized carbons (Fsp3) is 0.400. The van der Waals surface area contributed by atoms with E-state index in [1.807, 2.05) is 0 Å². The lowest BCUT2D eigenvalue weighted by atomic mass is 9.98. The zero-order valence-electron chi connectivity index (χ0n) is 17.3. The van der Waals surface area contributed by atoms with E-state index < -0.39 is 44.8 Å². The first kappa shape index (κ1) is 25.2. The highest BCUT2D eigenvalue weighted by atomic mass is 79.9. The monoisotopic (exact) mass is 562 g/mol. The molecule has 32 heavy (non-hydrogen) atoms. The molecule has 3 rings (SSSR count). The van der Waals surface area contributed by atoms with Gasteiger partial charge in [-0.1, -0.05) is 30.3 Å². The van der Waals surface area contributed by atoms with Crippen LogP contribution in [0.3, 0.4) is 0 Å². The summed E-state index contributed by atoms with van der Waals surface area (Å²) in [5, 5.41) is 20.6. The Labute approximate surface area is 203 Å². The smallest absolute Gasteiger partial charge is 0.327 e. The Morgan fingerprint density at radius 2 is 1.91 bits per heavy atom. The van der Waals surface area contributed by atoms with E-state index in [0.29, 0.717) is 9.35 Å². The van der Waals surface area contributed by atoms with Gasteiger partial charge in [0.05, 0.1) is 15.7 Å². The van der Waals surface area contributed by atoms with Gasteiger partial charge in [0.2, 0.25) is 10.0 Å². The molecule has 3 atom stereocenters. The summed E-state index contributed by atoms with van der Waals surface area (Å²) in [5.41, 5.74) is 0.713. The van der Waals surface area contributed by atoms with Gasteiger partial charge < -0.3 is 15.1 Å². The number of aliphatic hydroxyl groups is 1. The summed E-state index contributed by atoms with van der Waals surface area (Å²) in [6.45, 7) is 3.43. The van der Waals surface area contributed by atoms with E-state index in [0.717, 1.165) is 16.2 Å². The molecule has 2 heterocycles. The van der Waals surface area contributed by atoms with Crippen LogP contribution in [0, 0.1) is 0 Å². The van der Waals surface area contributed by atoms with E-state index in [1.165, 1.54) is 17.8 Å². The van der Waals surface area contributed by atoms with E-state index in [1.54, 1.807) is 50.2 Å². The lowest BCUT2D eigenvalue weighted by Crippen LogP contribution is -2.56. The standard InChI is InChI=1S/C20H23BrN2O6S3/c1-20(2)17(19(26)27)23(11-30-20)18(25)16(24)13(10-12-6-4-3-5-7-12)22-32(28,29)15-9-8-14(21)31-15/h3-9,13,16-17,22,24H,10-11H2,1-2H3,(H,26,27)/t13-,16-,17?/m0/s1. The van der Waals surface area contributed by atoms with E-state index in [9.17, 15) is 28.2 Å². The number of aliphatic hydroxyl groups excluding tert-OH is 1. The summed E-state index contributed by atoms with van der Waals surface area (Å²) >= 11 is 5.52. The van der Waals surface area contributed by atoms with E-state index in [2.05, 4.69) is 20.7 Å². The number of hydrogen-bond acceptors (Lipinski definition) is 7. The van der Waals surface area contributed by atoms with Crippen LogP contribution in [0.4, 0.5) is 0 Å². The predicted molar refractivity (Wildman–Crippen MR) is 127 cm³/mol. The van der Waals surface area contributed by atoms with E-state index in [4.69, 9.17) is 0 Å². The van der Waals surface area contributed by atoms with Crippen molar-refractivity contribution in [1.29, 1.82) is 0 Å². The molecule has 0 radical (unpaired) electrons. The third kappa shape index (κ3) is 5.54. The fourth-order valence-corrected chi connectivity index (χ4v) is 7.92. The van der Waals surface area contributed by atoms with Crippen LogP contribution in [-0.2, 0) is 26.0 Å². The minimum Gasteiger partial charge on any atom is -0.480 e. The van der Waals surface area contributed by atoms with Crippen molar-refractivity contribution in [3.05, 3.63) is 51.8 Å². The molecule has 0 saturated carbocycles. The molecule has 0 aliphatic carbocycles. The molecule has 1 saturated heterocycles. The number of carboxylic acid groups (broad SMARTS) is 1. The number of sulfonamides is 1. The van der Waals surface area contributed by atoms with Crippen molar-refractivity contribution >= 4 is 60.9 Å². The Kier molecular flexibility index (Phi) is 7.73. The maximum atomic E-state index is 13.2. The highest BCUT2D eigenvalue weighted by molar-refractivity contribution is 9.11. The highest BCUT2D eigenvalue weighted by Gasteiger charge is 2.50. The summed E-state index contributed by atoms with van der Waals surface area (Å²) in [6.07, 6.45) is -1.73. The number of benzene rings is 1. The van der Waals surface area contributed by atoms with Crippen LogP contribution in [0.15, 0.2) is 50.5 Å². The van der Waals surface area contributed by atoms with Crippen LogP contribution < -0.4 is 4.72 Å². The molecule has 8 nitrogen and oxygen atoms in total. The van der Waals surface area contributed by atoms with Crippen molar-refractivity contribution in [2.45, 2.75) is 47.4 Å². The number of nitrogens with one attached hydrogen (secondary N) is 1. The van der Waals surface area contributed by atoms with E-state index in [-0.39, 0.29) is 16.5 Å². The van der Waals surface area contributed by atoms with Gasteiger partial charge in [-0.25, -0.2) is 17.9 Å². The van der Waals surface area contributed by atoms with E-state index >= 15 is 0 Å². The molecule has 12 heteroatoms. The summed E-state index contributed by atoms with van der Waals surface area (Å²) in [7, 11) is -4.03. The summed E-state index contributed by atoms with van der Waals surface area (Å²) in [5.74, 6) is -1.92. The number of nitrogens with zero attached hydrogens (tertiary/aromatic N) is 1. The van der Waals surface area contributed by atoms with Crippen molar-refractivity contribution in [2.24, 2.45) is 0 Å². The quantitative estimate of drug-likeness (QED) is 0.451. The zero-order chi connectivity index (χ0) is 23.7. The van der Waals surface area contributed by atoms with Gasteiger partial charge in [-0.05, 0) is 53.9 Å². The van der Waals surface area contributed by atoms with Gasteiger partial charge in [-0.2, -0.15) is 0 Å². The highest BCUT2D eigenvalue weighted by Crippen LogP contribution is 2.39. The minimum absolute atomic E-state index is 0.0309. The van der Waals surface area contributed by atoms with Gasteiger partial charge in [0, 0.05) is 4.75 Å². The second kappa shape index (κ2) is 9.82. The van der Waals surface area contributed by atoms with Gasteiger partial charge in [0.15, 0.2) is 0 Å². The molecule has 1 unspecified atom stereocenters. The van der Waals surface area contributed by atoms with Gasteiger partial charge in [-0.15, -0.1) is 23.1 Å². The molecule has 0 bridgehead atoms. The van der Waals surface area contributed by atoms with Crippen LogP contribution in [0.25, 0.3) is 0 Å². The molecule has 1 amide bonds. The minimum atomic E-state index is -4.03. The maximum Gasteiger partial charge on any atom is 0.327 e. The Hall–Kier alpha value is -1.44. The zero-order valence-corrected chi connectivity index (χ0v) is 21.3. The summed E-state index contributed by atoms with van der Waals surface area (Å²) < 4.78 is 28.2. The Balaban J connectivity index is 1.90. The summed E-state index contributed by atoms with van der Waals surface area (Å²) in [4.78, 5) is 26.1. The SMILES string of the molecule is CC1(C)SCN(C(=O)[C@@H](O)[C@H](Cc2ccccc2)NS(=O)(=O)c2ccc(Br)s2)C1C(=O)O. The number of aliphatic carboxylic acids is 1. The molecule has 1 aliphatic rings. The first-order valence-electron chi connectivity index (χ1n) is 9.59. The van der Waals surface area contributed by atoms with Crippen molar-refractivity contribution in [1.82, 2.24) is 9.62 Å². The largest absolute Gasteiger partial charge is 0.480 e. The second-order valence-electron chi connectivity index (χ2n) is 7.85. The number of thioether (sulfide) groups is 1. The molecular weight excluding hydrogens is 540 g/mol. The van der Waals surface area contributed by atoms with Crippen LogP contribution in [0.2, 0.25) is 0 Å². The van der Waals surface area contributed by atoms with Crippen molar-refractivity contribution < 1.29 is 28.2 Å². The number of carbonyl (C=O) groups is 2. The molecule has 1 aromatic heterocycles. The number of carbonyl (C=O) groups excluding carboxylic acids is 1. The fourth-order valence-electron chi connectivity index (χ4n) is 3.51. The number of carboxylic acids is 1. The van der Waals surface area contributed by atoms with Crippen molar-refractivity contribution in [3.63, 3.8) is 0 Å². The molecule has 174 valence electrons. The number of hydrogen-bond donors (Lipinski definition) is 3. The average Bonchev–Trinajstić information content (AvgIpc) is 3.30. The number of rotatable bonds is 8. The van der Waals surface area contributed by atoms with Gasteiger partial charge >= 0.3 is 5.97 Å². The second-order valence-corrected chi connectivity index (χ2v) is 13.8. The van der Waals surface area contributed by atoms with Crippen LogP contribution in [0.1, 0.15) is 19.4 Å². The van der Waals surface area contributed by atoms with Crippen molar-refractivity contribution in [3.8, 4) is 0 Å². The average molecular weight is 564 g/mol. The Bertz CT molecular complexity index is 1090. The third-order valence-corrected chi connectivity index (χ3v) is 10.1. The molecule has 1 fully saturated rings. The van der Waals surface area contributed by atoms with Gasteiger partial charge in [0.25, 0.3) is 5.91 Å². The normalized spacial score (nSPS) is 20.1. The van der Waals surface area contributed by atoms with Crippen LogP contribution >= 0.6 is 39.0 Å². The number of amides is 1. The lowest BCUT2D eigenvalue weighted by Gasteiger charge is -2.31.